The molecule has 0 spiro atoms. The Labute approximate surface area is 119 Å². The molecule has 0 aliphatic rings. The molecule has 1 aromatic heterocycles. The zero-order valence-corrected chi connectivity index (χ0v) is 12.2. The summed E-state index contributed by atoms with van der Waals surface area (Å²) in [6.07, 6.45) is 0.780. The third-order valence-electron chi connectivity index (χ3n) is 3.09. The average Bonchev–Trinajstić information content (AvgIpc) is 2.80. The average molecular weight is 275 g/mol. The van der Waals surface area contributed by atoms with Gasteiger partial charge in [-0.1, -0.05) is 0 Å². The summed E-state index contributed by atoms with van der Waals surface area (Å²) in [5, 5.41) is 4.46. The third-order valence-corrected chi connectivity index (χ3v) is 3.09. The number of aryl methyl sites for hydroxylation is 1. The van der Waals surface area contributed by atoms with Crippen LogP contribution in [0.2, 0.25) is 0 Å². The Bertz CT molecular complexity index is 578. The van der Waals surface area contributed by atoms with Crippen LogP contribution in [0, 0.1) is 0 Å². The van der Waals surface area contributed by atoms with Crippen molar-refractivity contribution < 1.29 is 9.47 Å². The summed E-state index contributed by atoms with van der Waals surface area (Å²) in [7, 11) is 3.57. The van der Waals surface area contributed by atoms with Crippen LogP contribution in [0.25, 0.3) is 11.3 Å². The lowest BCUT2D eigenvalue weighted by atomic mass is 10.1. The fourth-order valence-corrected chi connectivity index (χ4v) is 2.17. The lowest BCUT2D eigenvalue weighted by Gasteiger charge is -2.11. The van der Waals surface area contributed by atoms with Crippen LogP contribution in [0.15, 0.2) is 24.3 Å². The molecule has 2 aromatic rings. The maximum Gasteiger partial charge on any atom is 0.161 e. The molecule has 0 saturated carbocycles. The van der Waals surface area contributed by atoms with Gasteiger partial charge in [0.25, 0.3) is 0 Å². The number of hydrogen-bond donors (Lipinski definition) is 1. The zero-order valence-electron chi connectivity index (χ0n) is 12.2. The molecule has 5 nitrogen and oxygen atoms in total. The first-order chi connectivity index (χ1) is 9.69. The number of hydrogen-bond acceptors (Lipinski definition) is 4. The van der Waals surface area contributed by atoms with Crippen LogP contribution in [0.1, 0.15) is 12.6 Å². The number of benzene rings is 1. The summed E-state index contributed by atoms with van der Waals surface area (Å²) in [5.74, 6) is 1.48. The van der Waals surface area contributed by atoms with Gasteiger partial charge in [-0.05, 0) is 37.7 Å². The van der Waals surface area contributed by atoms with Crippen molar-refractivity contribution in [1.29, 1.82) is 0 Å². The SMILES string of the molecule is CCOc1cc(-c2cc(CCN)nn2C)ccc1OC. The van der Waals surface area contributed by atoms with Gasteiger partial charge in [0.2, 0.25) is 0 Å². The highest BCUT2D eigenvalue weighted by molar-refractivity contribution is 5.64. The highest BCUT2D eigenvalue weighted by Gasteiger charge is 2.11. The highest BCUT2D eigenvalue weighted by Crippen LogP contribution is 2.32. The number of nitrogens with zero attached hydrogens (tertiary/aromatic N) is 2. The molecule has 0 radical (unpaired) electrons. The van der Waals surface area contributed by atoms with Gasteiger partial charge in [-0.3, -0.25) is 4.68 Å². The molecule has 0 bridgehead atoms. The maximum atomic E-state index is 5.61. The Morgan fingerprint density at radius 2 is 2.05 bits per heavy atom. The first kappa shape index (κ1) is 14.4. The van der Waals surface area contributed by atoms with Crippen LogP contribution < -0.4 is 15.2 Å². The summed E-state index contributed by atoms with van der Waals surface area (Å²) in [6.45, 7) is 3.16. The van der Waals surface area contributed by atoms with Gasteiger partial charge in [0.05, 0.1) is 25.1 Å². The van der Waals surface area contributed by atoms with Crippen molar-refractivity contribution in [2.24, 2.45) is 12.8 Å². The molecule has 1 heterocycles. The van der Waals surface area contributed by atoms with E-state index in [1.54, 1.807) is 7.11 Å². The Hall–Kier alpha value is -2.01. The second-order valence-electron chi connectivity index (χ2n) is 4.48. The molecule has 20 heavy (non-hydrogen) atoms. The van der Waals surface area contributed by atoms with Gasteiger partial charge in [-0.15, -0.1) is 0 Å². The van der Waals surface area contributed by atoms with Crippen molar-refractivity contribution in [3.05, 3.63) is 30.0 Å². The molecule has 0 saturated heterocycles. The van der Waals surface area contributed by atoms with Crippen molar-refractivity contribution in [3.63, 3.8) is 0 Å². The molecule has 5 heteroatoms. The predicted octanol–water partition coefficient (Wildman–Crippen LogP) is 2.00. The molecule has 0 aliphatic heterocycles. The standard InChI is InChI=1S/C15H21N3O2/c1-4-20-15-9-11(5-6-14(15)19-3)13-10-12(7-8-16)17-18(13)2/h5-6,9-10H,4,7-8,16H2,1-3H3. The van der Waals surface area contributed by atoms with Crippen LogP contribution in [-0.4, -0.2) is 30.0 Å². The number of methoxy groups -OCH3 is 1. The van der Waals surface area contributed by atoms with E-state index in [9.17, 15) is 0 Å². The Balaban J connectivity index is 2.39. The van der Waals surface area contributed by atoms with E-state index in [0.717, 1.165) is 34.9 Å². The summed E-state index contributed by atoms with van der Waals surface area (Å²) in [4.78, 5) is 0. The largest absolute Gasteiger partial charge is 0.493 e. The number of aromatic nitrogens is 2. The van der Waals surface area contributed by atoms with Gasteiger partial charge in [0.1, 0.15) is 0 Å². The van der Waals surface area contributed by atoms with Crippen molar-refractivity contribution >= 4 is 0 Å². The van der Waals surface area contributed by atoms with Crippen molar-refractivity contribution in [2.75, 3.05) is 20.3 Å². The quantitative estimate of drug-likeness (QED) is 0.876. The third kappa shape index (κ3) is 2.93. The zero-order chi connectivity index (χ0) is 14.5. The van der Waals surface area contributed by atoms with Crippen LogP contribution >= 0.6 is 0 Å². The second kappa shape index (κ2) is 6.43. The van der Waals surface area contributed by atoms with Gasteiger partial charge >= 0.3 is 0 Å². The van der Waals surface area contributed by atoms with E-state index in [2.05, 4.69) is 11.2 Å². The first-order valence-corrected chi connectivity index (χ1v) is 6.73. The van der Waals surface area contributed by atoms with Crippen molar-refractivity contribution in [2.45, 2.75) is 13.3 Å². The van der Waals surface area contributed by atoms with Crippen molar-refractivity contribution in [1.82, 2.24) is 9.78 Å². The first-order valence-electron chi connectivity index (χ1n) is 6.73. The van der Waals surface area contributed by atoms with E-state index in [4.69, 9.17) is 15.2 Å². The van der Waals surface area contributed by atoms with Crippen molar-refractivity contribution in [3.8, 4) is 22.8 Å². The molecular weight excluding hydrogens is 254 g/mol. The van der Waals surface area contributed by atoms with E-state index in [-0.39, 0.29) is 0 Å². The number of nitrogens with two attached hydrogens (primary N) is 1. The summed E-state index contributed by atoms with van der Waals surface area (Å²) < 4.78 is 12.8. The Kier molecular flexibility index (Phi) is 4.63. The maximum absolute atomic E-state index is 5.61. The minimum atomic E-state index is 0.600. The highest BCUT2D eigenvalue weighted by atomic mass is 16.5. The fourth-order valence-electron chi connectivity index (χ4n) is 2.17. The minimum Gasteiger partial charge on any atom is -0.493 e. The van der Waals surface area contributed by atoms with Crippen LogP contribution in [0.5, 0.6) is 11.5 Å². The monoisotopic (exact) mass is 275 g/mol. The minimum absolute atomic E-state index is 0.600. The lowest BCUT2D eigenvalue weighted by molar-refractivity contribution is 0.311. The molecule has 0 aliphatic carbocycles. The molecule has 2 N–H and O–H groups in total. The van der Waals surface area contributed by atoms with Gasteiger partial charge in [-0.25, -0.2) is 0 Å². The van der Waals surface area contributed by atoms with Gasteiger partial charge < -0.3 is 15.2 Å². The van der Waals surface area contributed by atoms with E-state index >= 15 is 0 Å². The summed E-state index contributed by atoms with van der Waals surface area (Å²) in [5.41, 5.74) is 8.66. The van der Waals surface area contributed by atoms with Crippen LogP contribution in [-0.2, 0) is 13.5 Å². The number of ether oxygens (including phenoxy) is 2. The molecule has 1 aromatic carbocycles. The fraction of sp³-hybridized carbons (Fsp3) is 0.400. The van der Waals surface area contributed by atoms with E-state index in [1.165, 1.54) is 0 Å². The molecule has 0 atom stereocenters. The van der Waals surface area contributed by atoms with Gasteiger partial charge in [-0.2, -0.15) is 5.10 Å². The van der Waals surface area contributed by atoms with E-state index < -0.39 is 0 Å². The van der Waals surface area contributed by atoms with Crippen LogP contribution in [0.4, 0.5) is 0 Å². The molecule has 108 valence electrons. The van der Waals surface area contributed by atoms with Gasteiger partial charge in [0.15, 0.2) is 11.5 Å². The normalized spacial score (nSPS) is 10.6. The lowest BCUT2D eigenvalue weighted by Crippen LogP contribution is -2.03. The Morgan fingerprint density at radius 1 is 1.25 bits per heavy atom. The molecular formula is C15H21N3O2. The Morgan fingerprint density at radius 3 is 2.70 bits per heavy atom. The van der Waals surface area contributed by atoms with Gasteiger partial charge in [0, 0.05) is 19.0 Å². The molecule has 0 fully saturated rings. The van der Waals surface area contributed by atoms with Crippen LogP contribution in [0.3, 0.4) is 0 Å². The topological polar surface area (TPSA) is 62.3 Å². The molecule has 2 rings (SSSR count). The summed E-state index contributed by atoms with van der Waals surface area (Å²) >= 11 is 0. The predicted molar refractivity (Wildman–Crippen MR) is 79.1 cm³/mol. The number of rotatable bonds is 6. The smallest absolute Gasteiger partial charge is 0.161 e. The second-order valence-corrected chi connectivity index (χ2v) is 4.48. The molecule has 0 unspecified atom stereocenters. The summed E-state index contributed by atoms with van der Waals surface area (Å²) in [6, 6.07) is 7.95. The van der Waals surface area contributed by atoms with E-state index in [0.29, 0.717) is 13.2 Å². The molecule has 0 amide bonds. The van der Waals surface area contributed by atoms with E-state index in [1.807, 2.05) is 36.9 Å².